The highest BCUT2D eigenvalue weighted by atomic mass is 79.9. The number of halogens is 1. The third-order valence-electron chi connectivity index (χ3n) is 3.04. The summed E-state index contributed by atoms with van der Waals surface area (Å²) in [6.45, 7) is 2.69. The van der Waals surface area contributed by atoms with Gasteiger partial charge in [0.05, 0.1) is 0 Å². The topological polar surface area (TPSA) is 59.2 Å². The van der Waals surface area contributed by atoms with E-state index in [-0.39, 0.29) is 18.0 Å². The van der Waals surface area contributed by atoms with Gasteiger partial charge in [0, 0.05) is 29.3 Å². The fraction of sp³-hybridized carbons (Fsp3) is 0.455. The maximum absolute atomic E-state index is 12.2. The molecule has 2 atom stereocenters. The first-order chi connectivity index (χ1) is 7.61. The lowest BCUT2D eigenvalue weighted by Crippen LogP contribution is -2.40. The maximum Gasteiger partial charge on any atom is 0.273 e. The van der Waals surface area contributed by atoms with E-state index in [1.807, 2.05) is 13.0 Å². The summed E-state index contributed by atoms with van der Waals surface area (Å²) >= 11 is 3.34. The van der Waals surface area contributed by atoms with E-state index in [0.717, 1.165) is 10.9 Å². The molecule has 1 aliphatic rings. The Bertz CT molecular complexity index is 410. The minimum atomic E-state index is -0.0482. The minimum Gasteiger partial charge on any atom is -0.333 e. The van der Waals surface area contributed by atoms with Crippen LogP contribution in [0.25, 0.3) is 0 Å². The molecule has 16 heavy (non-hydrogen) atoms. The molecule has 86 valence electrons. The number of carbonyl (C=O) groups excluding carboxylic acids is 1. The van der Waals surface area contributed by atoms with Crippen molar-refractivity contribution in [3.63, 3.8) is 0 Å². The van der Waals surface area contributed by atoms with Gasteiger partial charge in [-0.1, -0.05) is 0 Å². The number of hydrogen-bond acceptors (Lipinski definition) is 3. The number of pyridine rings is 1. The van der Waals surface area contributed by atoms with Crippen molar-refractivity contribution < 1.29 is 4.79 Å². The smallest absolute Gasteiger partial charge is 0.273 e. The normalized spacial score (nSPS) is 24.8. The van der Waals surface area contributed by atoms with Gasteiger partial charge in [0.1, 0.15) is 5.69 Å². The Kier molecular flexibility index (Phi) is 3.25. The molecule has 1 amide bonds. The monoisotopic (exact) mass is 283 g/mol. The summed E-state index contributed by atoms with van der Waals surface area (Å²) in [5.41, 5.74) is 6.36. The quantitative estimate of drug-likeness (QED) is 0.848. The van der Waals surface area contributed by atoms with E-state index in [9.17, 15) is 4.79 Å². The van der Waals surface area contributed by atoms with Crippen molar-refractivity contribution >= 4 is 21.8 Å². The van der Waals surface area contributed by atoms with Crippen molar-refractivity contribution in [1.82, 2.24) is 9.88 Å². The molecule has 0 saturated carbocycles. The van der Waals surface area contributed by atoms with Crippen LogP contribution in [0.5, 0.6) is 0 Å². The third kappa shape index (κ3) is 1.97. The molecule has 0 bridgehead atoms. The summed E-state index contributed by atoms with van der Waals surface area (Å²) in [6.07, 6.45) is 2.48. The molecule has 4 nitrogen and oxygen atoms in total. The van der Waals surface area contributed by atoms with Crippen LogP contribution in [0.2, 0.25) is 0 Å². The highest BCUT2D eigenvalue weighted by Crippen LogP contribution is 2.21. The number of hydrogen-bond donors (Lipinski definition) is 1. The van der Waals surface area contributed by atoms with Crippen molar-refractivity contribution in [3.8, 4) is 0 Å². The summed E-state index contributed by atoms with van der Waals surface area (Å²) in [5.74, 6) is -0.0482. The Morgan fingerprint density at radius 2 is 2.44 bits per heavy atom. The van der Waals surface area contributed by atoms with Crippen LogP contribution >= 0.6 is 15.9 Å². The molecule has 1 aromatic rings. The summed E-state index contributed by atoms with van der Waals surface area (Å²) in [6, 6.07) is 3.77. The Morgan fingerprint density at radius 3 is 3.00 bits per heavy atom. The van der Waals surface area contributed by atoms with Gasteiger partial charge in [0.2, 0.25) is 0 Å². The standard InChI is InChI=1S/C11H14BrN3O/c1-7-9(13)4-6-15(7)11(16)10-8(12)3-2-5-14-10/h2-3,5,7,9H,4,6,13H2,1H3. The van der Waals surface area contributed by atoms with Crippen molar-refractivity contribution in [1.29, 1.82) is 0 Å². The van der Waals surface area contributed by atoms with Crippen LogP contribution in [0.1, 0.15) is 23.8 Å². The van der Waals surface area contributed by atoms with Crippen LogP contribution in [-0.2, 0) is 0 Å². The van der Waals surface area contributed by atoms with Crippen molar-refractivity contribution in [2.24, 2.45) is 5.73 Å². The van der Waals surface area contributed by atoms with E-state index >= 15 is 0 Å². The summed E-state index contributed by atoms with van der Waals surface area (Å²) < 4.78 is 0.729. The zero-order valence-corrected chi connectivity index (χ0v) is 10.6. The van der Waals surface area contributed by atoms with E-state index in [4.69, 9.17) is 5.73 Å². The lowest BCUT2D eigenvalue weighted by atomic mass is 10.1. The Morgan fingerprint density at radius 1 is 1.69 bits per heavy atom. The first-order valence-electron chi connectivity index (χ1n) is 5.28. The largest absolute Gasteiger partial charge is 0.333 e. The molecule has 1 fully saturated rings. The van der Waals surface area contributed by atoms with Gasteiger partial charge < -0.3 is 10.6 Å². The summed E-state index contributed by atoms with van der Waals surface area (Å²) in [5, 5.41) is 0. The van der Waals surface area contributed by atoms with Crippen LogP contribution in [0.4, 0.5) is 0 Å². The minimum absolute atomic E-state index is 0.0482. The van der Waals surface area contributed by atoms with Gasteiger partial charge in [-0.15, -0.1) is 0 Å². The first kappa shape index (κ1) is 11.5. The highest BCUT2D eigenvalue weighted by Gasteiger charge is 2.33. The first-order valence-corrected chi connectivity index (χ1v) is 6.07. The molecule has 2 heterocycles. The van der Waals surface area contributed by atoms with E-state index < -0.39 is 0 Å². The number of amides is 1. The number of nitrogens with two attached hydrogens (primary N) is 1. The molecule has 0 spiro atoms. The second kappa shape index (κ2) is 4.51. The van der Waals surface area contributed by atoms with Gasteiger partial charge in [-0.05, 0) is 41.4 Å². The zero-order chi connectivity index (χ0) is 11.7. The van der Waals surface area contributed by atoms with Gasteiger partial charge in [-0.3, -0.25) is 4.79 Å². The molecule has 2 N–H and O–H groups in total. The van der Waals surface area contributed by atoms with Gasteiger partial charge in [-0.25, -0.2) is 4.98 Å². The fourth-order valence-corrected chi connectivity index (χ4v) is 2.35. The van der Waals surface area contributed by atoms with Crippen LogP contribution in [0, 0.1) is 0 Å². The number of rotatable bonds is 1. The Labute approximate surface area is 103 Å². The SMILES string of the molecule is CC1C(N)CCN1C(=O)c1ncccc1Br. The van der Waals surface area contributed by atoms with Crippen molar-refractivity contribution in [3.05, 3.63) is 28.5 Å². The van der Waals surface area contributed by atoms with Crippen molar-refractivity contribution in [2.45, 2.75) is 25.4 Å². The number of nitrogens with zero attached hydrogens (tertiary/aromatic N) is 2. The molecule has 0 aromatic carbocycles. The molecule has 1 aliphatic heterocycles. The molecule has 2 unspecified atom stereocenters. The summed E-state index contributed by atoms with van der Waals surface area (Å²) in [4.78, 5) is 18.1. The van der Waals surface area contributed by atoms with Gasteiger partial charge >= 0.3 is 0 Å². The predicted molar refractivity (Wildman–Crippen MR) is 65.0 cm³/mol. The predicted octanol–water partition coefficient (Wildman–Crippen LogP) is 1.41. The Balaban J connectivity index is 2.23. The molecular weight excluding hydrogens is 270 g/mol. The molecular formula is C11H14BrN3O. The molecule has 0 aliphatic carbocycles. The molecule has 1 aromatic heterocycles. The second-order valence-corrected chi connectivity index (χ2v) is 4.88. The lowest BCUT2D eigenvalue weighted by Gasteiger charge is -2.23. The van der Waals surface area contributed by atoms with E-state index in [2.05, 4.69) is 20.9 Å². The van der Waals surface area contributed by atoms with E-state index in [0.29, 0.717) is 12.2 Å². The number of likely N-dealkylation sites (tertiary alicyclic amines) is 1. The van der Waals surface area contributed by atoms with Crippen LogP contribution in [0.15, 0.2) is 22.8 Å². The van der Waals surface area contributed by atoms with E-state index in [1.165, 1.54) is 0 Å². The van der Waals surface area contributed by atoms with Crippen LogP contribution < -0.4 is 5.73 Å². The molecule has 0 radical (unpaired) electrons. The van der Waals surface area contributed by atoms with Crippen LogP contribution in [0.3, 0.4) is 0 Å². The zero-order valence-electron chi connectivity index (χ0n) is 9.06. The van der Waals surface area contributed by atoms with E-state index in [1.54, 1.807) is 17.2 Å². The third-order valence-corrected chi connectivity index (χ3v) is 3.68. The van der Waals surface area contributed by atoms with Gasteiger partial charge in [-0.2, -0.15) is 0 Å². The molecule has 5 heteroatoms. The molecule has 1 saturated heterocycles. The maximum atomic E-state index is 12.2. The average molecular weight is 284 g/mol. The average Bonchev–Trinajstić information content (AvgIpc) is 2.60. The number of carbonyl (C=O) groups is 1. The fourth-order valence-electron chi connectivity index (χ4n) is 1.93. The second-order valence-electron chi connectivity index (χ2n) is 4.03. The lowest BCUT2D eigenvalue weighted by molar-refractivity contribution is 0.0735. The van der Waals surface area contributed by atoms with Crippen LogP contribution in [-0.4, -0.2) is 34.4 Å². The van der Waals surface area contributed by atoms with Gasteiger partial charge in [0.15, 0.2) is 0 Å². The number of aromatic nitrogens is 1. The van der Waals surface area contributed by atoms with Gasteiger partial charge in [0.25, 0.3) is 5.91 Å². The summed E-state index contributed by atoms with van der Waals surface area (Å²) in [7, 11) is 0. The highest BCUT2D eigenvalue weighted by molar-refractivity contribution is 9.10. The molecule has 2 rings (SSSR count). The Hall–Kier alpha value is -0.940. The van der Waals surface area contributed by atoms with Crippen molar-refractivity contribution in [2.75, 3.05) is 6.54 Å².